The molecule has 0 bridgehead atoms. The molecule has 0 aliphatic carbocycles. The Bertz CT molecular complexity index is 881. The first-order valence-corrected chi connectivity index (χ1v) is 9.18. The largest absolute Gasteiger partial charge is 0.494 e. The van der Waals surface area contributed by atoms with Crippen LogP contribution >= 0.6 is 0 Å². The van der Waals surface area contributed by atoms with Crippen LogP contribution in [-0.2, 0) is 4.79 Å². The molecule has 7 heteroatoms. The highest BCUT2D eigenvalue weighted by Gasteiger charge is 2.24. The van der Waals surface area contributed by atoms with E-state index in [4.69, 9.17) is 14.2 Å². The molecule has 1 aliphatic rings. The Labute approximate surface area is 164 Å². The summed E-state index contributed by atoms with van der Waals surface area (Å²) in [5.74, 6) is 1.42. The number of amides is 2. The maximum absolute atomic E-state index is 12.6. The van der Waals surface area contributed by atoms with E-state index in [1.54, 1.807) is 48.4 Å². The first-order valence-electron chi connectivity index (χ1n) is 9.18. The van der Waals surface area contributed by atoms with Gasteiger partial charge in [-0.25, -0.2) is 0 Å². The summed E-state index contributed by atoms with van der Waals surface area (Å²) in [5, 5.41) is 2.85. The summed E-state index contributed by atoms with van der Waals surface area (Å²) in [7, 11) is 3.07. The normalized spacial score (nSPS) is 13.4. The third-order valence-electron chi connectivity index (χ3n) is 4.53. The molecule has 1 aliphatic heterocycles. The maximum Gasteiger partial charge on any atom is 0.255 e. The van der Waals surface area contributed by atoms with Gasteiger partial charge in [-0.15, -0.1) is 0 Å². The number of methoxy groups -OCH3 is 2. The Morgan fingerprint density at radius 2 is 1.86 bits per heavy atom. The van der Waals surface area contributed by atoms with Crippen molar-refractivity contribution in [3.63, 3.8) is 0 Å². The number of hydrogen-bond donors (Lipinski definition) is 1. The van der Waals surface area contributed by atoms with E-state index in [1.807, 2.05) is 6.92 Å². The number of carbonyl (C=O) groups excluding carboxylic acids is 2. The van der Waals surface area contributed by atoms with E-state index in [1.165, 1.54) is 7.11 Å². The highest BCUT2D eigenvalue weighted by atomic mass is 16.5. The molecule has 1 N–H and O–H groups in total. The molecule has 28 heavy (non-hydrogen) atoms. The lowest BCUT2D eigenvalue weighted by molar-refractivity contribution is -0.117. The number of benzene rings is 2. The molecule has 0 saturated carbocycles. The predicted molar refractivity (Wildman–Crippen MR) is 107 cm³/mol. The minimum absolute atomic E-state index is 0.0802. The van der Waals surface area contributed by atoms with Crippen molar-refractivity contribution in [1.82, 2.24) is 0 Å². The number of nitrogens with zero attached hydrogens (tertiary/aromatic N) is 1. The van der Waals surface area contributed by atoms with Crippen molar-refractivity contribution in [2.75, 3.05) is 37.6 Å². The molecule has 0 aromatic heterocycles. The number of anilines is 2. The van der Waals surface area contributed by atoms with Crippen LogP contribution in [0.5, 0.6) is 17.2 Å². The molecule has 1 fully saturated rings. The predicted octanol–water partition coefficient (Wildman–Crippen LogP) is 3.48. The van der Waals surface area contributed by atoms with Crippen molar-refractivity contribution in [2.24, 2.45) is 0 Å². The fourth-order valence-electron chi connectivity index (χ4n) is 3.17. The van der Waals surface area contributed by atoms with Crippen LogP contribution in [0.15, 0.2) is 36.4 Å². The average molecular weight is 384 g/mol. The molecule has 2 aromatic carbocycles. The molecule has 7 nitrogen and oxygen atoms in total. The number of nitrogens with one attached hydrogen (secondary N) is 1. The summed E-state index contributed by atoms with van der Waals surface area (Å²) >= 11 is 0. The van der Waals surface area contributed by atoms with Gasteiger partial charge in [0.05, 0.1) is 26.5 Å². The van der Waals surface area contributed by atoms with Crippen LogP contribution in [0.2, 0.25) is 0 Å². The van der Waals surface area contributed by atoms with Gasteiger partial charge in [-0.1, -0.05) is 0 Å². The second kappa shape index (κ2) is 8.65. The van der Waals surface area contributed by atoms with Crippen molar-refractivity contribution in [3.05, 3.63) is 42.0 Å². The van der Waals surface area contributed by atoms with Gasteiger partial charge in [-0.05, 0) is 43.7 Å². The van der Waals surface area contributed by atoms with Gasteiger partial charge in [0.25, 0.3) is 5.91 Å². The third kappa shape index (κ3) is 4.03. The molecule has 2 amide bonds. The van der Waals surface area contributed by atoms with Crippen LogP contribution < -0.4 is 24.4 Å². The van der Waals surface area contributed by atoms with Crippen LogP contribution in [0.4, 0.5) is 11.4 Å². The second-order valence-electron chi connectivity index (χ2n) is 6.29. The molecule has 0 spiro atoms. The number of hydrogen-bond acceptors (Lipinski definition) is 5. The molecule has 0 radical (unpaired) electrons. The number of ether oxygens (including phenoxy) is 3. The standard InChI is InChI=1S/C21H24N2O5/c1-4-28-17-10-7-14(12-19(17)27-3)21(25)22-15-8-9-16(18(13-15)26-2)23-11-5-6-20(23)24/h7-10,12-13H,4-6,11H2,1-3H3,(H,22,25). The molecule has 2 aromatic rings. The zero-order valence-corrected chi connectivity index (χ0v) is 16.3. The summed E-state index contributed by atoms with van der Waals surface area (Å²) in [6.45, 7) is 3.06. The van der Waals surface area contributed by atoms with Crippen molar-refractivity contribution in [3.8, 4) is 17.2 Å². The molecular weight excluding hydrogens is 360 g/mol. The van der Waals surface area contributed by atoms with Crippen molar-refractivity contribution < 1.29 is 23.8 Å². The lowest BCUT2D eigenvalue weighted by Crippen LogP contribution is -2.24. The van der Waals surface area contributed by atoms with Crippen molar-refractivity contribution in [1.29, 1.82) is 0 Å². The second-order valence-corrected chi connectivity index (χ2v) is 6.29. The molecule has 3 rings (SSSR count). The van der Waals surface area contributed by atoms with Crippen LogP contribution in [0.3, 0.4) is 0 Å². The van der Waals surface area contributed by atoms with Gasteiger partial charge in [0, 0.05) is 30.3 Å². The minimum atomic E-state index is -0.284. The van der Waals surface area contributed by atoms with Crippen LogP contribution in [0, 0.1) is 0 Å². The molecule has 1 heterocycles. The van der Waals surface area contributed by atoms with Gasteiger partial charge in [0.1, 0.15) is 5.75 Å². The number of rotatable bonds is 7. The van der Waals surface area contributed by atoms with E-state index < -0.39 is 0 Å². The third-order valence-corrected chi connectivity index (χ3v) is 4.53. The lowest BCUT2D eigenvalue weighted by Gasteiger charge is -2.19. The first kappa shape index (κ1) is 19.5. The lowest BCUT2D eigenvalue weighted by atomic mass is 10.1. The van der Waals surface area contributed by atoms with E-state index in [0.717, 1.165) is 6.42 Å². The van der Waals surface area contributed by atoms with Gasteiger partial charge >= 0.3 is 0 Å². The molecule has 1 saturated heterocycles. The smallest absolute Gasteiger partial charge is 0.255 e. The Morgan fingerprint density at radius 1 is 1.07 bits per heavy atom. The fraction of sp³-hybridized carbons (Fsp3) is 0.333. The summed E-state index contributed by atoms with van der Waals surface area (Å²) in [6.07, 6.45) is 1.38. The van der Waals surface area contributed by atoms with E-state index in [0.29, 0.717) is 53.8 Å². The maximum atomic E-state index is 12.6. The summed E-state index contributed by atoms with van der Waals surface area (Å²) in [5.41, 5.74) is 1.73. The highest BCUT2D eigenvalue weighted by molar-refractivity contribution is 6.05. The zero-order chi connectivity index (χ0) is 20.1. The fourth-order valence-corrected chi connectivity index (χ4v) is 3.17. The molecular formula is C21H24N2O5. The number of carbonyl (C=O) groups is 2. The Balaban J connectivity index is 1.79. The van der Waals surface area contributed by atoms with Gasteiger partial charge in [0.2, 0.25) is 5.91 Å². The van der Waals surface area contributed by atoms with Crippen LogP contribution in [0.25, 0.3) is 0 Å². The monoisotopic (exact) mass is 384 g/mol. The zero-order valence-electron chi connectivity index (χ0n) is 16.3. The van der Waals surface area contributed by atoms with Crippen molar-refractivity contribution >= 4 is 23.2 Å². The minimum Gasteiger partial charge on any atom is -0.494 e. The summed E-state index contributed by atoms with van der Waals surface area (Å²) in [4.78, 5) is 26.3. The highest BCUT2D eigenvalue weighted by Crippen LogP contribution is 2.34. The van der Waals surface area contributed by atoms with Gasteiger partial charge < -0.3 is 24.4 Å². The van der Waals surface area contributed by atoms with E-state index in [-0.39, 0.29) is 11.8 Å². The van der Waals surface area contributed by atoms with Gasteiger partial charge in [-0.2, -0.15) is 0 Å². The quantitative estimate of drug-likeness (QED) is 0.791. The average Bonchev–Trinajstić information content (AvgIpc) is 3.14. The summed E-state index contributed by atoms with van der Waals surface area (Å²) in [6, 6.07) is 10.3. The Morgan fingerprint density at radius 3 is 2.50 bits per heavy atom. The molecule has 148 valence electrons. The summed E-state index contributed by atoms with van der Waals surface area (Å²) < 4.78 is 16.2. The van der Waals surface area contributed by atoms with E-state index in [9.17, 15) is 9.59 Å². The van der Waals surface area contributed by atoms with Gasteiger partial charge in [0.15, 0.2) is 11.5 Å². The van der Waals surface area contributed by atoms with E-state index >= 15 is 0 Å². The van der Waals surface area contributed by atoms with Crippen LogP contribution in [-0.4, -0.2) is 39.2 Å². The Kier molecular flexibility index (Phi) is 6.03. The first-order chi connectivity index (χ1) is 13.6. The topological polar surface area (TPSA) is 77.1 Å². The van der Waals surface area contributed by atoms with Gasteiger partial charge in [-0.3, -0.25) is 9.59 Å². The van der Waals surface area contributed by atoms with Crippen LogP contribution in [0.1, 0.15) is 30.1 Å². The Hall–Kier alpha value is -3.22. The van der Waals surface area contributed by atoms with E-state index in [2.05, 4.69) is 5.32 Å². The SMILES string of the molecule is CCOc1ccc(C(=O)Nc2ccc(N3CCCC3=O)c(OC)c2)cc1OC. The molecule has 0 atom stereocenters. The molecule has 0 unspecified atom stereocenters. The van der Waals surface area contributed by atoms with Crippen molar-refractivity contribution in [2.45, 2.75) is 19.8 Å².